The molecule has 0 radical (unpaired) electrons. The van der Waals surface area contributed by atoms with E-state index in [-0.39, 0.29) is 21.7 Å². The number of halogens is 2. The van der Waals surface area contributed by atoms with Crippen molar-refractivity contribution >= 4 is 35.0 Å². The quantitative estimate of drug-likeness (QED) is 0.377. The van der Waals surface area contributed by atoms with Gasteiger partial charge in [-0.2, -0.15) is 0 Å². The number of ether oxygens (including phenoxy) is 1. The summed E-state index contributed by atoms with van der Waals surface area (Å²) in [7, 11) is 1.17. The summed E-state index contributed by atoms with van der Waals surface area (Å²) in [5.74, 6) is -1.29. The largest absolute Gasteiger partial charge is 0.465 e. The number of carbonyl (C=O) groups is 2. The summed E-state index contributed by atoms with van der Waals surface area (Å²) in [4.78, 5) is 31.5. The van der Waals surface area contributed by atoms with Crippen LogP contribution in [0.2, 0.25) is 10.4 Å². The minimum Gasteiger partial charge on any atom is -0.465 e. The van der Waals surface area contributed by atoms with Crippen LogP contribution in [0.1, 0.15) is 26.4 Å². The maximum absolute atomic E-state index is 12.4. The summed E-state index contributed by atoms with van der Waals surface area (Å²) >= 11 is 11.5. The predicted octanol–water partition coefficient (Wildman–Crippen LogP) is 2.80. The molecule has 0 amide bonds. The zero-order valence-corrected chi connectivity index (χ0v) is 11.8. The number of aromatic nitrogens is 2. The van der Waals surface area contributed by atoms with Crippen molar-refractivity contribution < 1.29 is 14.3 Å². The molecule has 102 valence electrons. The first kappa shape index (κ1) is 14.4. The third kappa shape index (κ3) is 2.79. The summed E-state index contributed by atoms with van der Waals surface area (Å²) < 4.78 is 4.58. The lowest BCUT2D eigenvalue weighted by Gasteiger charge is -2.08. The van der Waals surface area contributed by atoms with Gasteiger partial charge in [0.25, 0.3) is 0 Å². The first-order valence-electron chi connectivity index (χ1n) is 5.45. The van der Waals surface area contributed by atoms with Crippen LogP contribution in [0.4, 0.5) is 0 Å². The van der Waals surface area contributed by atoms with E-state index in [4.69, 9.17) is 23.2 Å². The molecule has 1 aromatic heterocycles. The van der Waals surface area contributed by atoms with Crippen LogP contribution in [0.3, 0.4) is 0 Å². The molecular formula is C13H8Cl2N2O3. The third-order valence-electron chi connectivity index (χ3n) is 2.48. The third-order valence-corrected chi connectivity index (χ3v) is 2.92. The molecule has 0 aliphatic rings. The second-order valence-corrected chi connectivity index (χ2v) is 4.39. The lowest BCUT2D eigenvalue weighted by molar-refractivity contribution is 0.0596. The number of hydrogen-bond acceptors (Lipinski definition) is 5. The Morgan fingerprint density at radius 3 is 2.35 bits per heavy atom. The van der Waals surface area contributed by atoms with Gasteiger partial charge in [0.2, 0.25) is 11.1 Å². The molecule has 0 saturated heterocycles. The molecule has 0 atom stereocenters. The number of carbonyl (C=O) groups excluding carboxylic acids is 2. The Labute approximate surface area is 124 Å². The Balaban J connectivity index is 2.61. The van der Waals surface area contributed by atoms with Crippen molar-refractivity contribution in [1.82, 2.24) is 9.97 Å². The van der Waals surface area contributed by atoms with Crippen molar-refractivity contribution in [3.05, 3.63) is 57.6 Å². The standard InChI is InChI=1S/C13H8Cl2N2O3/c1-20-12(19)8-9(16-13(15)17-11(8)14)10(18)7-5-3-2-4-6-7/h2-6H,1H3. The summed E-state index contributed by atoms with van der Waals surface area (Å²) in [6, 6.07) is 8.32. The highest BCUT2D eigenvalue weighted by atomic mass is 35.5. The number of nitrogens with zero attached hydrogens (tertiary/aromatic N) is 2. The highest BCUT2D eigenvalue weighted by Crippen LogP contribution is 2.22. The van der Waals surface area contributed by atoms with E-state index in [1.165, 1.54) is 7.11 Å². The number of esters is 1. The van der Waals surface area contributed by atoms with E-state index in [9.17, 15) is 9.59 Å². The van der Waals surface area contributed by atoms with Gasteiger partial charge >= 0.3 is 5.97 Å². The lowest BCUT2D eigenvalue weighted by atomic mass is 10.0. The van der Waals surface area contributed by atoms with Gasteiger partial charge in [0, 0.05) is 5.56 Å². The second-order valence-electron chi connectivity index (χ2n) is 3.69. The van der Waals surface area contributed by atoms with Gasteiger partial charge in [-0.3, -0.25) is 4.79 Å². The second kappa shape index (κ2) is 5.98. The summed E-state index contributed by atoms with van der Waals surface area (Å²) in [5.41, 5.74) is -0.0380. The highest BCUT2D eigenvalue weighted by molar-refractivity contribution is 6.35. The van der Waals surface area contributed by atoms with Crippen molar-refractivity contribution in [3.8, 4) is 0 Å². The molecule has 2 rings (SSSR count). The molecule has 0 aliphatic carbocycles. The molecular weight excluding hydrogens is 303 g/mol. The molecule has 0 bridgehead atoms. The van der Waals surface area contributed by atoms with Crippen LogP contribution in [0.15, 0.2) is 30.3 Å². The van der Waals surface area contributed by atoms with Crippen molar-refractivity contribution in [2.45, 2.75) is 0 Å². The van der Waals surface area contributed by atoms with Crippen molar-refractivity contribution in [3.63, 3.8) is 0 Å². The van der Waals surface area contributed by atoms with Gasteiger partial charge in [0.15, 0.2) is 0 Å². The first-order chi connectivity index (χ1) is 9.54. The maximum Gasteiger partial charge on any atom is 0.343 e. The number of methoxy groups -OCH3 is 1. The fourth-order valence-electron chi connectivity index (χ4n) is 1.58. The van der Waals surface area contributed by atoms with E-state index in [1.54, 1.807) is 30.3 Å². The molecule has 2 aromatic rings. The van der Waals surface area contributed by atoms with Crippen LogP contribution >= 0.6 is 23.2 Å². The van der Waals surface area contributed by atoms with Gasteiger partial charge in [0.1, 0.15) is 16.4 Å². The van der Waals surface area contributed by atoms with Crippen LogP contribution in [-0.4, -0.2) is 28.8 Å². The van der Waals surface area contributed by atoms with Gasteiger partial charge in [-0.15, -0.1) is 0 Å². The Morgan fingerprint density at radius 1 is 1.10 bits per heavy atom. The van der Waals surface area contributed by atoms with Gasteiger partial charge < -0.3 is 4.74 Å². The summed E-state index contributed by atoms with van der Waals surface area (Å²) in [6.07, 6.45) is 0. The Hall–Kier alpha value is -1.98. The normalized spacial score (nSPS) is 10.2. The van der Waals surface area contributed by atoms with Crippen LogP contribution in [0, 0.1) is 0 Å². The van der Waals surface area contributed by atoms with Gasteiger partial charge in [0.05, 0.1) is 7.11 Å². The van der Waals surface area contributed by atoms with Crippen molar-refractivity contribution in [2.24, 2.45) is 0 Å². The summed E-state index contributed by atoms with van der Waals surface area (Å²) in [6.45, 7) is 0. The predicted molar refractivity (Wildman–Crippen MR) is 73.3 cm³/mol. The molecule has 0 unspecified atom stereocenters. The number of ketones is 1. The molecule has 0 aliphatic heterocycles. The molecule has 1 aromatic carbocycles. The smallest absolute Gasteiger partial charge is 0.343 e. The van der Waals surface area contributed by atoms with Crippen LogP contribution in [0.5, 0.6) is 0 Å². The number of benzene rings is 1. The van der Waals surface area contributed by atoms with Gasteiger partial charge in [-0.25, -0.2) is 14.8 Å². The number of hydrogen-bond donors (Lipinski definition) is 0. The Bertz CT molecular complexity index is 675. The molecule has 0 fully saturated rings. The monoisotopic (exact) mass is 310 g/mol. The van der Waals surface area contributed by atoms with E-state index in [2.05, 4.69) is 14.7 Å². The topological polar surface area (TPSA) is 69.2 Å². The Kier molecular flexibility index (Phi) is 4.32. The number of rotatable bonds is 3. The Morgan fingerprint density at radius 2 is 1.75 bits per heavy atom. The SMILES string of the molecule is COC(=O)c1c(Cl)nc(Cl)nc1C(=O)c1ccccc1. The molecule has 20 heavy (non-hydrogen) atoms. The van der Waals surface area contributed by atoms with E-state index >= 15 is 0 Å². The van der Waals surface area contributed by atoms with Crippen LogP contribution in [-0.2, 0) is 4.74 Å². The minimum absolute atomic E-state index is 0.187. The van der Waals surface area contributed by atoms with E-state index < -0.39 is 11.8 Å². The molecule has 0 N–H and O–H groups in total. The van der Waals surface area contributed by atoms with Gasteiger partial charge in [-0.1, -0.05) is 41.9 Å². The van der Waals surface area contributed by atoms with E-state index in [0.717, 1.165) is 0 Å². The molecule has 0 spiro atoms. The lowest BCUT2D eigenvalue weighted by Crippen LogP contribution is -2.15. The first-order valence-corrected chi connectivity index (χ1v) is 6.21. The van der Waals surface area contributed by atoms with Crippen molar-refractivity contribution in [1.29, 1.82) is 0 Å². The van der Waals surface area contributed by atoms with E-state index in [1.807, 2.05) is 0 Å². The maximum atomic E-state index is 12.4. The zero-order valence-electron chi connectivity index (χ0n) is 10.3. The fourth-order valence-corrected chi connectivity index (χ4v) is 2.04. The average Bonchev–Trinajstić information content (AvgIpc) is 2.46. The van der Waals surface area contributed by atoms with Crippen LogP contribution < -0.4 is 0 Å². The molecule has 5 nitrogen and oxygen atoms in total. The summed E-state index contributed by atoms with van der Waals surface area (Å²) in [5, 5.41) is -0.446. The molecule has 0 saturated carbocycles. The highest BCUT2D eigenvalue weighted by Gasteiger charge is 2.25. The fraction of sp³-hybridized carbons (Fsp3) is 0.0769. The minimum atomic E-state index is -0.800. The van der Waals surface area contributed by atoms with Crippen molar-refractivity contribution in [2.75, 3.05) is 7.11 Å². The zero-order chi connectivity index (χ0) is 14.7. The molecule has 1 heterocycles. The van der Waals surface area contributed by atoms with Crippen LogP contribution in [0.25, 0.3) is 0 Å². The molecule has 7 heteroatoms. The average molecular weight is 311 g/mol. The van der Waals surface area contributed by atoms with E-state index in [0.29, 0.717) is 5.56 Å². The van der Waals surface area contributed by atoms with Gasteiger partial charge in [-0.05, 0) is 11.6 Å².